The first kappa shape index (κ1) is 16.1. The van der Waals surface area contributed by atoms with Crippen LogP contribution in [0.15, 0.2) is 18.2 Å². The summed E-state index contributed by atoms with van der Waals surface area (Å²) in [4.78, 5) is 11.9. The first-order chi connectivity index (χ1) is 9.22. The molecular weight excluding hydrogens is 258 g/mol. The number of amides is 1. The van der Waals surface area contributed by atoms with E-state index < -0.39 is 0 Å². The summed E-state index contributed by atoms with van der Waals surface area (Å²) in [6, 6.07) is 6.17. The molecule has 1 amide bonds. The van der Waals surface area contributed by atoms with Crippen molar-refractivity contribution in [3.63, 3.8) is 0 Å². The summed E-state index contributed by atoms with van der Waals surface area (Å²) in [7, 11) is 0. The van der Waals surface area contributed by atoms with E-state index in [0.717, 1.165) is 30.7 Å². The van der Waals surface area contributed by atoms with Gasteiger partial charge in [0.05, 0.1) is 5.75 Å². The van der Waals surface area contributed by atoms with E-state index in [1.807, 2.05) is 6.07 Å². The Labute approximate surface area is 119 Å². The number of nitrogens with one attached hydrogen (secondary N) is 1. The van der Waals surface area contributed by atoms with Gasteiger partial charge < -0.3 is 10.4 Å². The second-order valence-corrected chi connectivity index (χ2v) is 5.44. The monoisotopic (exact) mass is 281 g/mol. The van der Waals surface area contributed by atoms with Gasteiger partial charge in [-0.2, -0.15) is 11.8 Å². The Morgan fingerprint density at radius 2 is 1.89 bits per heavy atom. The molecule has 0 radical (unpaired) electrons. The van der Waals surface area contributed by atoms with E-state index in [-0.39, 0.29) is 12.5 Å². The number of hydrogen-bond acceptors (Lipinski definition) is 3. The van der Waals surface area contributed by atoms with E-state index in [1.165, 1.54) is 11.1 Å². The van der Waals surface area contributed by atoms with E-state index in [1.54, 1.807) is 11.8 Å². The molecule has 0 aromatic heterocycles. The molecule has 1 aromatic rings. The van der Waals surface area contributed by atoms with Crippen LogP contribution in [0.25, 0.3) is 0 Å². The van der Waals surface area contributed by atoms with Crippen LogP contribution in [-0.4, -0.2) is 29.1 Å². The molecule has 1 rings (SSSR count). The molecule has 0 aliphatic heterocycles. The third-order valence-electron chi connectivity index (χ3n) is 2.94. The highest BCUT2D eigenvalue weighted by atomic mass is 32.2. The molecule has 0 spiro atoms. The van der Waals surface area contributed by atoms with Crippen LogP contribution >= 0.6 is 11.8 Å². The lowest BCUT2D eigenvalue weighted by Gasteiger charge is -2.14. The fourth-order valence-corrected chi connectivity index (χ4v) is 2.65. The van der Waals surface area contributed by atoms with Crippen LogP contribution in [0.5, 0.6) is 0 Å². The Morgan fingerprint density at radius 3 is 2.42 bits per heavy atom. The molecule has 0 aliphatic rings. The molecule has 0 saturated carbocycles. The van der Waals surface area contributed by atoms with Crippen LogP contribution < -0.4 is 5.32 Å². The lowest BCUT2D eigenvalue weighted by Crippen LogP contribution is -2.17. The van der Waals surface area contributed by atoms with Crippen molar-refractivity contribution >= 4 is 23.4 Å². The van der Waals surface area contributed by atoms with E-state index >= 15 is 0 Å². The minimum atomic E-state index is 0.0403. The van der Waals surface area contributed by atoms with E-state index in [4.69, 9.17) is 5.11 Å². The van der Waals surface area contributed by atoms with Crippen molar-refractivity contribution in [2.75, 3.05) is 23.4 Å². The molecule has 0 bridgehead atoms. The zero-order valence-corrected chi connectivity index (χ0v) is 12.6. The third kappa shape index (κ3) is 5.25. The molecule has 0 saturated heterocycles. The van der Waals surface area contributed by atoms with Crippen LogP contribution in [0.3, 0.4) is 0 Å². The van der Waals surface area contributed by atoms with Crippen molar-refractivity contribution in [2.45, 2.75) is 33.1 Å². The highest BCUT2D eigenvalue weighted by Crippen LogP contribution is 2.22. The summed E-state index contributed by atoms with van der Waals surface area (Å²) in [5, 5.41) is 11.7. The van der Waals surface area contributed by atoms with E-state index in [9.17, 15) is 4.79 Å². The number of rotatable bonds is 8. The zero-order valence-electron chi connectivity index (χ0n) is 11.7. The molecule has 0 fully saturated rings. The molecule has 2 N–H and O–H groups in total. The number of benzene rings is 1. The Balaban J connectivity index is 2.62. The normalized spacial score (nSPS) is 10.5. The first-order valence-corrected chi connectivity index (χ1v) is 7.97. The van der Waals surface area contributed by atoms with Gasteiger partial charge in [0.2, 0.25) is 5.91 Å². The quantitative estimate of drug-likeness (QED) is 0.720. The Hall–Kier alpha value is -1.000. The molecular formula is C15H23NO2S. The predicted molar refractivity (Wildman–Crippen MR) is 82.9 cm³/mol. The SMILES string of the molecule is CCc1cccc(CC)c1NC(=O)CSCCCO. The molecule has 3 nitrogen and oxygen atoms in total. The van der Waals surface area contributed by atoms with Crippen LogP contribution in [0.1, 0.15) is 31.4 Å². The molecule has 0 heterocycles. The van der Waals surface area contributed by atoms with Gasteiger partial charge in [-0.05, 0) is 36.1 Å². The Bertz CT molecular complexity index is 385. The number of hydrogen-bond donors (Lipinski definition) is 2. The molecule has 0 aliphatic carbocycles. The Kier molecular flexibility index (Phi) is 7.60. The average molecular weight is 281 g/mol. The lowest BCUT2D eigenvalue weighted by molar-refractivity contribution is -0.113. The van der Waals surface area contributed by atoms with Crippen LogP contribution in [0.2, 0.25) is 0 Å². The average Bonchev–Trinajstić information content (AvgIpc) is 2.43. The fraction of sp³-hybridized carbons (Fsp3) is 0.533. The molecule has 4 heteroatoms. The smallest absolute Gasteiger partial charge is 0.234 e. The van der Waals surface area contributed by atoms with Gasteiger partial charge in [0.1, 0.15) is 0 Å². The van der Waals surface area contributed by atoms with Crippen molar-refractivity contribution < 1.29 is 9.90 Å². The number of para-hydroxylation sites is 1. The van der Waals surface area contributed by atoms with Gasteiger partial charge in [-0.25, -0.2) is 0 Å². The Morgan fingerprint density at radius 1 is 1.26 bits per heavy atom. The highest BCUT2D eigenvalue weighted by molar-refractivity contribution is 7.99. The molecule has 19 heavy (non-hydrogen) atoms. The maximum absolute atomic E-state index is 11.9. The summed E-state index contributed by atoms with van der Waals surface area (Å²) >= 11 is 1.56. The summed E-state index contributed by atoms with van der Waals surface area (Å²) in [5.41, 5.74) is 3.36. The summed E-state index contributed by atoms with van der Waals surface area (Å²) < 4.78 is 0. The predicted octanol–water partition coefficient (Wildman–Crippen LogP) is 2.87. The summed E-state index contributed by atoms with van der Waals surface area (Å²) in [6.07, 6.45) is 2.58. The summed E-state index contributed by atoms with van der Waals surface area (Å²) in [5.74, 6) is 1.31. The number of aliphatic hydroxyl groups is 1. The zero-order chi connectivity index (χ0) is 14.1. The standard InChI is InChI=1S/C15H23NO2S/c1-3-12-7-5-8-13(4-2)15(12)16-14(18)11-19-10-6-9-17/h5,7-8,17H,3-4,6,9-11H2,1-2H3,(H,16,18). The van der Waals surface area contributed by atoms with Crippen molar-refractivity contribution in [3.05, 3.63) is 29.3 Å². The maximum Gasteiger partial charge on any atom is 0.234 e. The second-order valence-electron chi connectivity index (χ2n) is 4.34. The van der Waals surface area contributed by atoms with Gasteiger partial charge in [-0.3, -0.25) is 4.79 Å². The van der Waals surface area contributed by atoms with Gasteiger partial charge in [0.15, 0.2) is 0 Å². The van der Waals surface area contributed by atoms with Crippen molar-refractivity contribution in [1.29, 1.82) is 0 Å². The van der Waals surface area contributed by atoms with Gasteiger partial charge in [-0.15, -0.1) is 0 Å². The van der Waals surface area contributed by atoms with Gasteiger partial charge in [-0.1, -0.05) is 32.0 Å². The van der Waals surface area contributed by atoms with Gasteiger partial charge in [0.25, 0.3) is 0 Å². The first-order valence-electron chi connectivity index (χ1n) is 6.82. The summed E-state index contributed by atoms with van der Waals surface area (Å²) in [6.45, 7) is 4.38. The number of aryl methyl sites for hydroxylation is 2. The number of thioether (sulfide) groups is 1. The minimum Gasteiger partial charge on any atom is -0.396 e. The minimum absolute atomic E-state index is 0.0403. The van der Waals surface area contributed by atoms with Gasteiger partial charge in [0, 0.05) is 12.3 Å². The fourth-order valence-electron chi connectivity index (χ4n) is 1.91. The topological polar surface area (TPSA) is 49.3 Å². The van der Waals surface area contributed by atoms with Crippen molar-refractivity contribution in [3.8, 4) is 0 Å². The number of carbonyl (C=O) groups excluding carboxylic acids is 1. The third-order valence-corrected chi connectivity index (χ3v) is 3.99. The molecule has 1 aromatic carbocycles. The molecule has 0 atom stereocenters. The van der Waals surface area contributed by atoms with Crippen LogP contribution in [0.4, 0.5) is 5.69 Å². The largest absolute Gasteiger partial charge is 0.396 e. The molecule has 106 valence electrons. The van der Waals surface area contributed by atoms with E-state index in [2.05, 4.69) is 31.3 Å². The number of anilines is 1. The number of aliphatic hydroxyl groups excluding tert-OH is 1. The van der Waals surface area contributed by atoms with Crippen molar-refractivity contribution in [1.82, 2.24) is 0 Å². The van der Waals surface area contributed by atoms with Crippen LogP contribution in [-0.2, 0) is 17.6 Å². The van der Waals surface area contributed by atoms with Crippen molar-refractivity contribution in [2.24, 2.45) is 0 Å². The van der Waals surface area contributed by atoms with E-state index in [0.29, 0.717) is 5.75 Å². The second kappa shape index (κ2) is 8.99. The van der Waals surface area contributed by atoms with Gasteiger partial charge >= 0.3 is 0 Å². The lowest BCUT2D eigenvalue weighted by atomic mass is 10.0. The maximum atomic E-state index is 11.9. The highest BCUT2D eigenvalue weighted by Gasteiger charge is 2.09. The molecule has 0 unspecified atom stereocenters. The number of carbonyl (C=O) groups is 1. The van der Waals surface area contributed by atoms with Crippen LogP contribution in [0, 0.1) is 0 Å².